The summed E-state index contributed by atoms with van der Waals surface area (Å²) in [5.41, 5.74) is 4.18. The minimum atomic E-state index is -0.0660. The lowest BCUT2D eigenvalue weighted by atomic mass is 10.1. The molecule has 0 fully saturated rings. The molecule has 0 saturated carbocycles. The Hall–Kier alpha value is -3.15. The second kappa shape index (κ2) is 8.03. The molecule has 3 aromatic rings. The third kappa shape index (κ3) is 4.16. The highest BCUT2D eigenvalue weighted by Gasteiger charge is 2.18. The Bertz CT molecular complexity index is 904. The molecular formula is C21H24N4O2. The molecule has 2 aromatic carbocycles. The fourth-order valence-electron chi connectivity index (χ4n) is 2.81. The van der Waals surface area contributed by atoms with Gasteiger partial charge in [-0.3, -0.25) is 4.79 Å². The first-order valence-corrected chi connectivity index (χ1v) is 8.87. The van der Waals surface area contributed by atoms with Gasteiger partial charge in [-0.25, -0.2) is 9.67 Å². The van der Waals surface area contributed by atoms with E-state index in [1.807, 2.05) is 63.2 Å². The van der Waals surface area contributed by atoms with Crippen molar-refractivity contribution >= 4 is 5.91 Å². The number of carbonyl (C=O) groups is 1. The van der Waals surface area contributed by atoms with Gasteiger partial charge in [0.1, 0.15) is 18.4 Å². The summed E-state index contributed by atoms with van der Waals surface area (Å²) in [5.74, 6) is 0.686. The van der Waals surface area contributed by atoms with Crippen LogP contribution in [0, 0.1) is 13.8 Å². The van der Waals surface area contributed by atoms with Crippen molar-refractivity contribution in [2.45, 2.75) is 26.8 Å². The monoisotopic (exact) mass is 364 g/mol. The van der Waals surface area contributed by atoms with E-state index < -0.39 is 0 Å². The molecule has 1 atom stereocenters. The Morgan fingerprint density at radius 3 is 2.59 bits per heavy atom. The summed E-state index contributed by atoms with van der Waals surface area (Å²) in [5, 5.41) is 4.12. The first-order valence-electron chi connectivity index (χ1n) is 8.87. The highest BCUT2D eigenvalue weighted by Crippen LogP contribution is 2.22. The van der Waals surface area contributed by atoms with Gasteiger partial charge < -0.3 is 9.64 Å². The van der Waals surface area contributed by atoms with Gasteiger partial charge in [-0.2, -0.15) is 5.10 Å². The zero-order valence-corrected chi connectivity index (χ0v) is 16.1. The van der Waals surface area contributed by atoms with Gasteiger partial charge in [0, 0.05) is 7.05 Å². The summed E-state index contributed by atoms with van der Waals surface area (Å²) in [6.45, 7) is 6.04. The minimum absolute atomic E-state index is 0.0160. The van der Waals surface area contributed by atoms with Crippen LogP contribution in [-0.2, 0) is 4.79 Å². The second-order valence-corrected chi connectivity index (χ2v) is 6.60. The molecule has 0 radical (unpaired) electrons. The Morgan fingerprint density at radius 2 is 1.93 bits per heavy atom. The van der Waals surface area contributed by atoms with Crippen LogP contribution < -0.4 is 4.74 Å². The van der Waals surface area contributed by atoms with E-state index >= 15 is 0 Å². The fourth-order valence-corrected chi connectivity index (χ4v) is 2.81. The number of benzene rings is 2. The average Bonchev–Trinajstić information content (AvgIpc) is 3.22. The minimum Gasteiger partial charge on any atom is -0.483 e. The third-order valence-corrected chi connectivity index (χ3v) is 4.94. The number of carbonyl (C=O) groups excluding carboxylic acids is 1. The Morgan fingerprint density at radius 1 is 1.19 bits per heavy atom. The number of rotatable bonds is 6. The molecule has 0 aliphatic rings. The number of ether oxygens (including phenoxy) is 1. The molecule has 1 aromatic heterocycles. The van der Waals surface area contributed by atoms with Crippen LogP contribution in [0.3, 0.4) is 0 Å². The maximum absolute atomic E-state index is 12.6. The van der Waals surface area contributed by atoms with Gasteiger partial charge >= 0.3 is 0 Å². The summed E-state index contributed by atoms with van der Waals surface area (Å²) < 4.78 is 7.44. The van der Waals surface area contributed by atoms with Crippen LogP contribution in [0.4, 0.5) is 0 Å². The molecule has 0 spiro atoms. The lowest BCUT2D eigenvalue weighted by Gasteiger charge is -2.25. The summed E-state index contributed by atoms with van der Waals surface area (Å²) in [7, 11) is 1.80. The Labute approximate surface area is 159 Å². The molecule has 0 N–H and O–H groups in total. The van der Waals surface area contributed by atoms with Crippen LogP contribution in [0.1, 0.15) is 29.7 Å². The van der Waals surface area contributed by atoms with Crippen LogP contribution in [0.25, 0.3) is 5.69 Å². The molecule has 6 nitrogen and oxygen atoms in total. The summed E-state index contributed by atoms with van der Waals surface area (Å²) in [6, 6.07) is 13.7. The smallest absolute Gasteiger partial charge is 0.260 e. The van der Waals surface area contributed by atoms with Gasteiger partial charge in [0.2, 0.25) is 0 Å². The molecule has 0 aliphatic heterocycles. The quantitative estimate of drug-likeness (QED) is 0.672. The van der Waals surface area contributed by atoms with E-state index in [0.29, 0.717) is 0 Å². The van der Waals surface area contributed by atoms with E-state index in [1.165, 1.54) is 6.33 Å². The number of aromatic nitrogens is 3. The average molecular weight is 364 g/mol. The Kier molecular flexibility index (Phi) is 5.54. The first kappa shape index (κ1) is 18.6. The van der Waals surface area contributed by atoms with Crippen molar-refractivity contribution < 1.29 is 9.53 Å². The highest BCUT2D eigenvalue weighted by atomic mass is 16.5. The molecule has 3 rings (SSSR count). The zero-order chi connectivity index (χ0) is 19.4. The van der Waals surface area contributed by atoms with Crippen molar-refractivity contribution in [2.24, 2.45) is 0 Å². The van der Waals surface area contributed by atoms with Gasteiger partial charge in [-0.15, -0.1) is 0 Å². The maximum atomic E-state index is 12.6. The first-order chi connectivity index (χ1) is 13.0. The topological polar surface area (TPSA) is 60.2 Å². The van der Waals surface area contributed by atoms with Crippen molar-refractivity contribution in [2.75, 3.05) is 13.7 Å². The molecule has 140 valence electrons. The van der Waals surface area contributed by atoms with E-state index in [1.54, 1.807) is 23.0 Å². The van der Waals surface area contributed by atoms with Crippen LogP contribution in [0.5, 0.6) is 5.75 Å². The maximum Gasteiger partial charge on any atom is 0.260 e. The van der Waals surface area contributed by atoms with E-state index in [4.69, 9.17) is 4.74 Å². The standard InChI is InChI=1S/C21H24N4O2/c1-15-6-5-7-20(16(15)2)27-12-21(26)24(4)17(3)18-8-10-19(11-9-18)25-14-22-13-23-25/h5-11,13-14,17H,12H2,1-4H3/t17-/m0/s1. The molecule has 0 aliphatic carbocycles. The predicted molar refractivity (Wildman–Crippen MR) is 104 cm³/mol. The summed E-state index contributed by atoms with van der Waals surface area (Å²) in [6.07, 6.45) is 3.15. The van der Waals surface area contributed by atoms with Gasteiger partial charge in [0.25, 0.3) is 5.91 Å². The molecule has 6 heteroatoms. The van der Waals surface area contributed by atoms with Crippen molar-refractivity contribution in [3.63, 3.8) is 0 Å². The van der Waals surface area contributed by atoms with E-state index in [2.05, 4.69) is 10.1 Å². The second-order valence-electron chi connectivity index (χ2n) is 6.60. The largest absolute Gasteiger partial charge is 0.483 e. The lowest BCUT2D eigenvalue weighted by Crippen LogP contribution is -2.33. The molecule has 0 unspecified atom stereocenters. The zero-order valence-electron chi connectivity index (χ0n) is 16.1. The van der Waals surface area contributed by atoms with Gasteiger partial charge in [0.05, 0.1) is 11.7 Å². The molecule has 0 saturated heterocycles. The van der Waals surface area contributed by atoms with Gasteiger partial charge in [-0.05, 0) is 55.7 Å². The SMILES string of the molecule is Cc1cccc(OCC(=O)N(C)[C@@H](C)c2ccc(-n3cncn3)cc2)c1C. The van der Waals surface area contributed by atoms with E-state index in [-0.39, 0.29) is 18.6 Å². The summed E-state index contributed by atoms with van der Waals surface area (Å²) in [4.78, 5) is 18.2. The Balaban J connectivity index is 1.63. The van der Waals surface area contributed by atoms with Gasteiger partial charge in [0.15, 0.2) is 6.61 Å². The number of amides is 1. The van der Waals surface area contributed by atoms with Crippen LogP contribution >= 0.6 is 0 Å². The van der Waals surface area contributed by atoms with E-state index in [0.717, 1.165) is 28.1 Å². The number of hydrogen-bond acceptors (Lipinski definition) is 4. The predicted octanol–water partition coefficient (Wildman–Crippen LogP) is 3.48. The number of hydrogen-bond donors (Lipinski definition) is 0. The number of aryl methyl sites for hydroxylation is 1. The van der Waals surface area contributed by atoms with Crippen molar-refractivity contribution in [1.82, 2.24) is 19.7 Å². The lowest BCUT2D eigenvalue weighted by molar-refractivity contribution is -0.134. The van der Waals surface area contributed by atoms with Crippen molar-refractivity contribution in [1.29, 1.82) is 0 Å². The van der Waals surface area contributed by atoms with Crippen molar-refractivity contribution in [3.8, 4) is 11.4 Å². The number of nitrogens with zero attached hydrogens (tertiary/aromatic N) is 4. The number of likely N-dealkylation sites (N-methyl/N-ethyl adjacent to an activating group) is 1. The molecular weight excluding hydrogens is 340 g/mol. The third-order valence-electron chi connectivity index (χ3n) is 4.94. The van der Waals surface area contributed by atoms with Crippen LogP contribution in [-0.4, -0.2) is 39.2 Å². The highest BCUT2D eigenvalue weighted by molar-refractivity contribution is 5.78. The van der Waals surface area contributed by atoms with Crippen molar-refractivity contribution in [3.05, 3.63) is 71.8 Å². The normalized spacial score (nSPS) is 11.9. The molecule has 27 heavy (non-hydrogen) atoms. The van der Waals surface area contributed by atoms with Gasteiger partial charge in [-0.1, -0.05) is 24.3 Å². The summed E-state index contributed by atoms with van der Waals surface area (Å²) >= 11 is 0. The fraction of sp³-hybridized carbons (Fsp3) is 0.286. The molecule has 0 bridgehead atoms. The molecule has 1 amide bonds. The van der Waals surface area contributed by atoms with E-state index in [9.17, 15) is 4.79 Å². The van der Waals surface area contributed by atoms with Crippen LogP contribution in [0.2, 0.25) is 0 Å². The van der Waals surface area contributed by atoms with Crippen LogP contribution in [0.15, 0.2) is 55.1 Å². The molecule has 1 heterocycles.